The molecule has 1 aromatic heterocycles. The molecular formula is C19H13Cl2F3N2OS. The van der Waals surface area contributed by atoms with Crippen LogP contribution >= 0.6 is 35.0 Å². The predicted molar refractivity (Wildman–Crippen MR) is 109 cm³/mol. The van der Waals surface area contributed by atoms with Crippen molar-refractivity contribution in [2.75, 3.05) is 17.7 Å². The molecular weight excluding hydrogens is 432 g/mol. The number of pyridine rings is 1. The standard InChI is InChI=1S/C19H13Cl2F3N2OS/c1-18(8-28-19(22,23)24)16-14-10(4-3-5-13(14)26(2)17(18)27)11-6-9(20)7-12(21)15(11)25-16/h3-7H,8H2,1-2H3. The molecule has 0 fully saturated rings. The van der Waals surface area contributed by atoms with E-state index in [1.165, 1.54) is 17.9 Å². The highest BCUT2D eigenvalue weighted by Gasteiger charge is 2.47. The number of thioether (sulfide) groups is 1. The van der Waals surface area contributed by atoms with Crippen LogP contribution in [-0.2, 0) is 10.2 Å². The van der Waals surface area contributed by atoms with E-state index in [0.29, 0.717) is 32.7 Å². The van der Waals surface area contributed by atoms with Crippen LogP contribution in [0.25, 0.3) is 21.7 Å². The van der Waals surface area contributed by atoms with Gasteiger partial charge in [-0.25, -0.2) is 4.98 Å². The lowest BCUT2D eigenvalue weighted by Gasteiger charge is -2.38. The average Bonchev–Trinajstić information content (AvgIpc) is 2.62. The topological polar surface area (TPSA) is 33.2 Å². The molecule has 28 heavy (non-hydrogen) atoms. The number of halogens is 5. The summed E-state index contributed by atoms with van der Waals surface area (Å²) < 4.78 is 38.8. The van der Waals surface area contributed by atoms with Gasteiger partial charge in [0.15, 0.2) is 0 Å². The molecule has 3 aromatic rings. The molecule has 0 bridgehead atoms. The third-order valence-electron chi connectivity index (χ3n) is 5.01. The van der Waals surface area contributed by atoms with Crippen LogP contribution in [0.5, 0.6) is 0 Å². The molecule has 2 heterocycles. The van der Waals surface area contributed by atoms with Gasteiger partial charge >= 0.3 is 5.51 Å². The fraction of sp³-hybridized carbons (Fsp3) is 0.263. The summed E-state index contributed by atoms with van der Waals surface area (Å²) in [6, 6.07) is 8.61. The lowest BCUT2D eigenvalue weighted by atomic mass is 9.80. The number of anilines is 1. The summed E-state index contributed by atoms with van der Waals surface area (Å²) in [6.45, 7) is 1.50. The second-order valence-corrected chi connectivity index (χ2v) is 8.76. The number of fused-ring (bicyclic) bond motifs is 2. The summed E-state index contributed by atoms with van der Waals surface area (Å²) in [5, 5.41) is 2.77. The Labute approximate surface area is 172 Å². The Morgan fingerprint density at radius 1 is 1.21 bits per heavy atom. The van der Waals surface area contributed by atoms with Crippen LogP contribution in [-0.4, -0.2) is 29.2 Å². The van der Waals surface area contributed by atoms with Crippen LogP contribution in [0.1, 0.15) is 12.6 Å². The zero-order chi connectivity index (χ0) is 20.4. The molecule has 1 aliphatic rings. The fourth-order valence-corrected chi connectivity index (χ4v) is 4.93. The van der Waals surface area contributed by atoms with Crippen LogP contribution in [0.2, 0.25) is 10.0 Å². The number of carbonyl (C=O) groups is 1. The maximum Gasteiger partial charge on any atom is 0.441 e. The first-order chi connectivity index (χ1) is 13.0. The molecule has 0 saturated heterocycles. The van der Waals surface area contributed by atoms with Gasteiger partial charge in [0.25, 0.3) is 0 Å². The first kappa shape index (κ1) is 19.6. The van der Waals surface area contributed by atoms with Crippen LogP contribution < -0.4 is 4.90 Å². The van der Waals surface area contributed by atoms with Gasteiger partial charge in [-0.2, -0.15) is 13.2 Å². The minimum absolute atomic E-state index is 0.226. The minimum atomic E-state index is -4.46. The van der Waals surface area contributed by atoms with Gasteiger partial charge in [0.2, 0.25) is 5.91 Å². The van der Waals surface area contributed by atoms with E-state index < -0.39 is 22.6 Å². The van der Waals surface area contributed by atoms with E-state index in [0.717, 1.165) is 5.39 Å². The van der Waals surface area contributed by atoms with E-state index >= 15 is 0 Å². The third kappa shape index (κ3) is 2.91. The number of hydrogen-bond acceptors (Lipinski definition) is 3. The summed E-state index contributed by atoms with van der Waals surface area (Å²) >= 11 is 12.3. The first-order valence-corrected chi connectivity index (χ1v) is 9.98. The van der Waals surface area contributed by atoms with Gasteiger partial charge in [0.1, 0.15) is 0 Å². The Hall–Kier alpha value is -1.70. The molecule has 3 nitrogen and oxygen atoms in total. The number of benzene rings is 2. The summed E-state index contributed by atoms with van der Waals surface area (Å²) in [6.07, 6.45) is 0. The van der Waals surface area contributed by atoms with Gasteiger partial charge in [-0.15, -0.1) is 0 Å². The van der Waals surface area contributed by atoms with Crippen molar-refractivity contribution < 1.29 is 18.0 Å². The normalized spacial score (nSPS) is 19.7. The molecule has 0 radical (unpaired) electrons. The maximum absolute atomic E-state index is 13.1. The summed E-state index contributed by atoms with van der Waals surface area (Å²) in [5.41, 5.74) is -4.61. The number of alkyl halides is 3. The number of rotatable bonds is 2. The zero-order valence-corrected chi connectivity index (χ0v) is 17.0. The third-order valence-corrected chi connectivity index (χ3v) is 6.56. The highest BCUT2D eigenvalue weighted by molar-refractivity contribution is 8.00. The van der Waals surface area contributed by atoms with Crippen molar-refractivity contribution in [1.82, 2.24) is 4.98 Å². The van der Waals surface area contributed by atoms with E-state index in [4.69, 9.17) is 23.2 Å². The van der Waals surface area contributed by atoms with Gasteiger partial charge in [-0.3, -0.25) is 4.79 Å². The van der Waals surface area contributed by atoms with Gasteiger partial charge in [-0.05, 0) is 42.3 Å². The summed E-state index contributed by atoms with van der Waals surface area (Å²) in [4.78, 5) is 19.1. The largest absolute Gasteiger partial charge is 0.441 e. The van der Waals surface area contributed by atoms with E-state index in [1.807, 2.05) is 6.07 Å². The van der Waals surface area contributed by atoms with Crippen molar-refractivity contribution in [3.8, 4) is 0 Å². The van der Waals surface area contributed by atoms with Crippen molar-refractivity contribution in [3.63, 3.8) is 0 Å². The van der Waals surface area contributed by atoms with Gasteiger partial charge in [0, 0.05) is 28.6 Å². The number of hydrogen-bond donors (Lipinski definition) is 0. The molecule has 0 spiro atoms. The Balaban J connectivity index is 2.10. The molecule has 1 atom stereocenters. The quantitative estimate of drug-likeness (QED) is 0.442. The second kappa shape index (κ2) is 6.40. The smallest absolute Gasteiger partial charge is 0.314 e. The second-order valence-electron chi connectivity index (χ2n) is 6.87. The summed E-state index contributed by atoms with van der Waals surface area (Å²) in [7, 11) is 1.56. The molecule has 2 aromatic carbocycles. The molecule has 0 aliphatic carbocycles. The van der Waals surface area contributed by atoms with Gasteiger partial charge in [-0.1, -0.05) is 35.3 Å². The Bertz CT molecular complexity index is 1150. The Morgan fingerprint density at radius 3 is 2.61 bits per heavy atom. The number of amides is 1. The van der Waals surface area contributed by atoms with E-state index in [9.17, 15) is 18.0 Å². The molecule has 146 valence electrons. The lowest BCUT2D eigenvalue weighted by Crippen LogP contribution is -2.49. The van der Waals surface area contributed by atoms with Crippen molar-refractivity contribution >= 4 is 68.2 Å². The van der Waals surface area contributed by atoms with Crippen LogP contribution in [0.3, 0.4) is 0 Å². The molecule has 1 amide bonds. The number of aromatic nitrogens is 1. The van der Waals surface area contributed by atoms with E-state index in [-0.39, 0.29) is 16.8 Å². The van der Waals surface area contributed by atoms with Crippen LogP contribution in [0.15, 0.2) is 30.3 Å². The van der Waals surface area contributed by atoms with Crippen molar-refractivity contribution in [2.45, 2.75) is 17.8 Å². The Kier molecular flexibility index (Phi) is 4.48. The maximum atomic E-state index is 13.1. The Morgan fingerprint density at radius 2 is 1.93 bits per heavy atom. The van der Waals surface area contributed by atoms with Crippen molar-refractivity contribution in [1.29, 1.82) is 0 Å². The molecule has 0 saturated carbocycles. The van der Waals surface area contributed by atoms with Crippen molar-refractivity contribution in [3.05, 3.63) is 46.1 Å². The van der Waals surface area contributed by atoms with Crippen LogP contribution in [0, 0.1) is 0 Å². The highest BCUT2D eigenvalue weighted by Crippen LogP contribution is 2.47. The molecule has 1 unspecified atom stereocenters. The predicted octanol–water partition coefficient (Wildman–Crippen LogP) is 6.18. The van der Waals surface area contributed by atoms with Gasteiger partial charge < -0.3 is 4.90 Å². The molecule has 0 N–H and O–H groups in total. The van der Waals surface area contributed by atoms with Crippen LogP contribution in [0.4, 0.5) is 18.9 Å². The lowest BCUT2D eigenvalue weighted by molar-refractivity contribution is -0.122. The van der Waals surface area contributed by atoms with E-state index in [2.05, 4.69) is 4.98 Å². The minimum Gasteiger partial charge on any atom is -0.314 e. The SMILES string of the molecule is CN1C(=O)C(C)(CSC(F)(F)F)c2nc3c(Cl)cc(Cl)cc3c3cccc1c23. The summed E-state index contributed by atoms with van der Waals surface area (Å²) in [5.74, 6) is -0.923. The number of nitrogens with zero attached hydrogens (tertiary/aromatic N) is 2. The molecule has 4 rings (SSSR count). The number of likely N-dealkylation sites (N-methyl/N-ethyl adjacent to an activating group) is 1. The fourth-order valence-electron chi connectivity index (χ4n) is 3.68. The highest BCUT2D eigenvalue weighted by atomic mass is 35.5. The molecule has 9 heteroatoms. The van der Waals surface area contributed by atoms with E-state index in [1.54, 1.807) is 25.2 Å². The van der Waals surface area contributed by atoms with Gasteiger partial charge in [0.05, 0.1) is 27.3 Å². The average molecular weight is 445 g/mol. The first-order valence-electron chi connectivity index (χ1n) is 8.24. The van der Waals surface area contributed by atoms with Crippen molar-refractivity contribution in [2.24, 2.45) is 0 Å². The number of carbonyl (C=O) groups excluding carboxylic acids is 1. The molecule has 1 aliphatic heterocycles. The zero-order valence-electron chi connectivity index (χ0n) is 14.7. The monoisotopic (exact) mass is 444 g/mol.